The molecule has 2 aromatic heterocycles. The zero-order chi connectivity index (χ0) is 19.6. The molecule has 0 N–H and O–H groups in total. The van der Waals surface area contributed by atoms with E-state index >= 15 is 0 Å². The van der Waals surface area contributed by atoms with Crippen LogP contribution in [0.2, 0.25) is 0 Å². The molecule has 0 amide bonds. The second-order valence-electron chi connectivity index (χ2n) is 7.19. The van der Waals surface area contributed by atoms with E-state index in [2.05, 4.69) is 132 Å². The molecule has 5 aromatic rings. The number of rotatable bonds is 4. The maximum absolute atomic E-state index is 2.34. The number of hydrogen-bond donors (Lipinski definition) is 0. The Bertz CT molecular complexity index is 1170. The van der Waals surface area contributed by atoms with Gasteiger partial charge >= 0.3 is 0 Å². The van der Waals surface area contributed by atoms with Gasteiger partial charge in [0.15, 0.2) is 0 Å². The number of aryl methyl sites for hydroxylation is 1. The molecule has 0 fully saturated rings. The Kier molecular flexibility index (Phi) is 4.38. The Hall–Kier alpha value is -3.78. The molecule has 2 nitrogen and oxygen atoms in total. The summed E-state index contributed by atoms with van der Waals surface area (Å²) in [6, 6.07) is 40.6. The van der Waals surface area contributed by atoms with Crippen molar-refractivity contribution < 1.29 is 0 Å². The topological polar surface area (TPSA) is 9.86 Å². The van der Waals surface area contributed by atoms with Crippen molar-refractivity contribution in [3.63, 3.8) is 0 Å². The van der Waals surface area contributed by atoms with E-state index in [1.54, 1.807) is 0 Å². The number of aromatic nitrogens is 2. The van der Waals surface area contributed by atoms with Crippen LogP contribution in [0.3, 0.4) is 0 Å². The fourth-order valence-electron chi connectivity index (χ4n) is 3.92. The van der Waals surface area contributed by atoms with Crippen LogP contribution in [-0.2, 0) is 0 Å². The van der Waals surface area contributed by atoms with E-state index in [0.29, 0.717) is 0 Å². The normalized spacial score (nSPS) is 10.9. The molecule has 140 valence electrons. The van der Waals surface area contributed by atoms with Crippen molar-refractivity contribution in [1.29, 1.82) is 0 Å². The first kappa shape index (κ1) is 17.3. The van der Waals surface area contributed by atoms with E-state index in [9.17, 15) is 0 Å². The second kappa shape index (κ2) is 7.33. The van der Waals surface area contributed by atoms with Gasteiger partial charge in [0, 0.05) is 22.4 Å². The van der Waals surface area contributed by atoms with Crippen LogP contribution < -0.4 is 0 Å². The van der Waals surface area contributed by atoms with Crippen molar-refractivity contribution in [3.05, 3.63) is 121 Å². The van der Waals surface area contributed by atoms with Gasteiger partial charge in [0.05, 0.1) is 17.1 Å². The molecule has 5 rings (SSSR count). The van der Waals surface area contributed by atoms with Crippen LogP contribution in [0.1, 0.15) is 5.69 Å². The largest absolute Gasteiger partial charge is 0.253 e. The lowest BCUT2D eigenvalue weighted by Crippen LogP contribution is -2.14. The monoisotopic (exact) mass is 374 g/mol. The van der Waals surface area contributed by atoms with E-state index in [-0.39, 0.29) is 0 Å². The first-order valence-electron chi connectivity index (χ1n) is 9.90. The van der Waals surface area contributed by atoms with Crippen LogP contribution in [0.15, 0.2) is 115 Å². The average Bonchev–Trinajstić information content (AvgIpc) is 3.39. The summed E-state index contributed by atoms with van der Waals surface area (Å²) in [6.07, 6.45) is 0. The lowest BCUT2D eigenvalue weighted by molar-refractivity contribution is 0.669. The van der Waals surface area contributed by atoms with Gasteiger partial charge in [-0.05, 0) is 31.2 Å². The van der Waals surface area contributed by atoms with Crippen LogP contribution in [0, 0.1) is 6.92 Å². The fraction of sp³-hybridized carbons (Fsp3) is 0.0370. The van der Waals surface area contributed by atoms with Gasteiger partial charge in [0.2, 0.25) is 0 Å². The van der Waals surface area contributed by atoms with Crippen molar-refractivity contribution in [3.8, 4) is 33.8 Å². The number of hydrogen-bond acceptors (Lipinski definition) is 0. The summed E-state index contributed by atoms with van der Waals surface area (Å²) in [5.74, 6) is 0. The molecule has 0 saturated heterocycles. The van der Waals surface area contributed by atoms with Gasteiger partial charge in [-0.15, -0.1) is 0 Å². The van der Waals surface area contributed by atoms with Gasteiger partial charge < -0.3 is 0 Å². The molecule has 0 saturated carbocycles. The minimum Gasteiger partial charge on any atom is -0.253 e. The first-order chi connectivity index (χ1) is 14.3. The van der Waals surface area contributed by atoms with E-state index in [1.807, 2.05) is 0 Å². The van der Waals surface area contributed by atoms with Gasteiger partial charge in [0.1, 0.15) is 0 Å². The summed E-state index contributed by atoms with van der Waals surface area (Å²) in [7, 11) is 0. The van der Waals surface area contributed by atoms with E-state index < -0.39 is 0 Å². The Labute approximate surface area is 171 Å². The molecule has 0 aliphatic carbocycles. The van der Waals surface area contributed by atoms with Crippen LogP contribution in [0.25, 0.3) is 33.8 Å². The van der Waals surface area contributed by atoms with Gasteiger partial charge in [-0.2, -0.15) is 0 Å². The molecule has 0 unspecified atom stereocenters. The van der Waals surface area contributed by atoms with Crippen molar-refractivity contribution in [2.45, 2.75) is 6.92 Å². The molecule has 29 heavy (non-hydrogen) atoms. The average molecular weight is 374 g/mol. The molecule has 0 atom stereocenters. The van der Waals surface area contributed by atoms with Crippen molar-refractivity contribution in [2.75, 3.05) is 0 Å². The predicted molar refractivity (Wildman–Crippen MR) is 121 cm³/mol. The van der Waals surface area contributed by atoms with E-state index in [0.717, 1.165) is 0 Å². The minimum atomic E-state index is 1.17. The van der Waals surface area contributed by atoms with Crippen molar-refractivity contribution in [2.24, 2.45) is 0 Å². The highest BCUT2D eigenvalue weighted by atomic mass is 15.5. The third-order valence-corrected chi connectivity index (χ3v) is 5.31. The zero-order valence-electron chi connectivity index (χ0n) is 16.4. The number of nitrogens with zero attached hydrogens (tertiary/aromatic N) is 2. The van der Waals surface area contributed by atoms with Crippen LogP contribution >= 0.6 is 0 Å². The van der Waals surface area contributed by atoms with Gasteiger partial charge in [0.25, 0.3) is 0 Å². The molecular weight excluding hydrogens is 352 g/mol. The summed E-state index contributed by atoms with van der Waals surface area (Å²) in [5.41, 5.74) is 8.29. The SMILES string of the molecule is Cc1ccc(-c2ccccc2)n1-n1c(-c2ccccc2)ccc1-c1ccccc1. The van der Waals surface area contributed by atoms with Crippen molar-refractivity contribution in [1.82, 2.24) is 9.35 Å². The van der Waals surface area contributed by atoms with Crippen LogP contribution in [-0.4, -0.2) is 9.35 Å². The maximum atomic E-state index is 2.34. The highest BCUT2D eigenvalue weighted by Gasteiger charge is 2.17. The molecule has 0 bridgehead atoms. The highest BCUT2D eigenvalue weighted by molar-refractivity contribution is 5.71. The standard InChI is InChI=1S/C27H22N2/c1-21-17-18-25(22-11-5-2-6-12-22)28(21)29-26(23-13-7-3-8-14-23)19-20-27(29)24-15-9-4-10-16-24/h2-20H,1H3. The van der Waals surface area contributed by atoms with E-state index in [4.69, 9.17) is 0 Å². The molecule has 2 heterocycles. The lowest BCUT2D eigenvalue weighted by Gasteiger charge is -2.20. The highest BCUT2D eigenvalue weighted by Crippen LogP contribution is 2.33. The molecule has 0 aliphatic rings. The maximum Gasteiger partial charge on any atom is 0.0710 e. The van der Waals surface area contributed by atoms with Crippen LogP contribution in [0.5, 0.6) is 0 Å². The van der Waals surface area contributed by atoms with Gasteiger partial charge in [-0.3, -0.25) is 4.68 Å². The lowest BCUT2D eigenvalue weighted by atomic mass is 10.1. The fourth-order valence-corrected chi connectivity index (χ4v) is 3.92. The first-order valence-corrected chi connectivity index (χ1v) is 9.90. The molecular formula is C27H22N2. The van der Waals surface area contributed by atoms with Crippen LogP contribution in [0.4, 0.5) is 0 Å². The van der Waals surface area contributed by atoms with Crippen molar-refractivity contribution >= 4 is 0 Å². The second-order valence-corrected chi connectivity index (χ2v) is 7.19. The molecule has 0 spiro atoms. The Morgan fingerprint density at radius 1 is 0.379 bits per heavy atom. The summed E-state index contributed by atoms with van der Waals surface area (Å²) >= 11 is 0. The Morgan fingerprint density at radius 3 is 1.14 bits per heavy atom. The molecule has 0 radical (unpaired) electrons. The molecule has 3 aromatic carbocycles. The smallest absolute Gasteiger partial charge is 0.0710 e. The third-order valence-electron chi connectivity index (χ3n) is 5.31. The van der Waals surface area contributed by atoms with Gasteiger partial charge in [-0.1, -0.05) is 91.0 Å². The predicted octanol–water partition coefficient (Wildman–Crippen LogP) is 6.91. The summed E-state index contributed by atoms with van der Waals surface area (Å²) in [5, 5.41) is 0. The quantitative estimate of drug-likeness (QED) is 0.323. The Balaban J connectivity index is 1.81. The summed E-state index contributed by atoms with van der Waals surface area (Å²) in [4.78, 5) is 0. The summed E-state index contributed by atoms with van der Waals surface area (Å²) in [6.45, 7) is 2.16. The minimum absolute atomic E-state index is 1.17. The molecule has 2 heteroatoms. The number of benzene rings is 3. The molecule has 0 aliphatic heterocycles. The van der Waals surface area contributed by atoms with Gasteiger partial charge in [-0.25, -0.2) is 4.68 Å². The Morgan fingerprint density at radius 2 is 0.724 bits per heavy atom. The van der Waals surface area contributed by atoms with E-state index in [1.165, 1.54) is 39.5 Å². The third kappa shape index (κ3) is 3.09. The zero-order valence-corrected chi connectivity index (χ0v) is 16.4. The summed E-state index contributed by atoms with van der Waals surface area (Å²) < 4.78 is 4.66.